The Bertz CT molecular complexity index is 2040. The van der Waals surface area contributed by atoms with Crippen molar-refractivity contribution in [2.75, 3.05) is 13.2 Å². The first-order valence-electron chi connectivity index (χ1n) is 15.5. The lowest BCUT2D eigenvalue weighted by molar-refractivity contribution is 0.126. The van der Waals surface area contributed by atoms with Crippen molar-refractivity contribution in [2.45, 2.75) is 50.6 Å². The number of aromatic hydroxyl groups is 2. The Morgan fingerprint density at radius 3 is 1.43 bits per heavy atom. The summed E-state index contributed by atoms with van der Waals surface area (Å²) in [5.41, 5.74) is 3.67. The SMILES string of the molecule is CC1(C)c2ccc3c(O)c4c5c(ccc4c(O)c3c2=NC2c3ccccc3OCC21)C(C)(C)C1COc2ccccc2C1N=5. The van der Waals surface area contributed by atoms with Crippen LogP contribution in [0.4, 0.5) is 0 Å². The molecule has 4 atom stereocenters. The minimum Gasteiger partial charge on any atom is -0.507 e. The van der Waals surface area contributed by atoms with E-state index >= 15 is 0 Å². The summed E-state index contributed by atoms with van der Waals surface area (Å²) in [6, 6.07) is 24.0. The molecular formula is C38H34N2O4. The number of para-hydroxylation sites is 2. The van der Waals surface area contributed by atoms with Crippen LogP contribution in [0.15, 0.2) is 82.8 Å². The highest BCUT2D eigenvalue weighted by Gasteiger charge is 2.47. The predicted octanol–water partition coefficient (Wildman–Crippen LogP) is 6.73. The largest absolute Gasteiger partial charge is 0.507 e. The molecule has 6 heteroatoms. The zero-order chi connectivity index (χ0) is 30.1. The van der Waals surface area contributed by atoms with Gasteiger partial charge in [0.05, 0.1) is 46.8 Å². The Labute approximate surface area is 255 Å². The van der Waals surface area contributed by atoms with Crippen LogP contribution in [-0.4, -0.2) is 23.4 Å². The highest BCUT2D eigenvalue weighted by Crippen LogP contribution is 2.52. The monoisotopic (exact) mass is 582 g/mol. The lowest BCUT2D eigenvalue weighted by Crippen LogP contribution is -2.46. The highest BCUT2D eigenvalue weighted by molar-refractivity contribution is 6.10. The number of ether oxygens (including phenoxy) is 2. The Morgan fingerprint density at radius 1 is 0.591 bits per heavy atom. The van der Waals surface area contributed by atoms with Crippen LogP contribution in [0.25, 0.3) is 21.5 Å². The molecule has 0 amide bonds. The van der Waals surface area contributed by atoms with Crippen molar-refractivity contribution in [3.05, 3.63) is 106 Å². The lowest BCUT2D eigenvalue weighted by Gasteiger charge is -2.45. The number of fused-ring (bicyclic) bond motifs is 12. The average Bonchev–Trinajstić information content (AvgIpc) is 3.02. The first-order valence-corrected chi connectivity index (χ1v) is 15.5. The molecule has 0 aromatic heterocycles. The molecule has 220 valence electrons. The molecule has 5 aromatic carbocycles. The van der Waals surface area contributed by atoms with Crippen LogP contribution >= 0.6 is 0 Å². The standard InChI is InChI=1S/C38H34N2O4/c1-37(2)23-15-13-21-29(33(23)39-31-19-9-5-7-11-27(19)43-17-25(31)37)35(41)22-14-16-24-34(30(22)36(21)42)40-32-20-10-6-8-12-28(20)44-18-26(32)38(24,3)4/h5-16,25-26,31-32,41-42H,17-18H2,1-4H3. The molecule has 4 heterocycles. The Morgan fingerprint density at radius 2 is 1.00 bits per heavy atom. The minimum absolute atomic E-state index is 0.116. The van der Waals surface area contributed by atoms with Gasteiger partial charge in [-0.05, 0) is 23.3 Å². The van der Waals surface area contributed by atoms with Crippen molar-refractivity contribution >= 4 is 21.5 Å². The topological polar surface area (TPSA) is 83.6 Å². The van der Waals surface area contributed by atoms with Crippen molar-refractivity contribution in [1.29, 1.82) is 0 Å². The molecule has 0 spiro atoms. The first kappa shape index (κ1) is 25.9. The van der Waals surface area contributed by atoms with Gasteiger partial charge in [0.25, 0.3) is 0 Å². The number of hydrogen-bond acceptors (Lipinski definition) is 6. The van der Waals surface area contributed by atoms with Crippen LogP contribution in [0.2, 0.25) is 0 Å². The third-order valence-corrected chi connectivity index (χ3v) is 11.2. The van der Waals surface area contributed by atoms with E-state index in [2.05, 4.69) is 52.0 Å². The van der Waals surface area contributed by atoms with Crippen LogP contribution in [-0.2, 0) is 10.8 Å². The van der Waals surface area contributed by atoms with Gasteiger partial charge >= 0.3 is 0 Å². The van der Waals surface area contributed by atoms with Gasteiger partial charge in [0, 0.05) is 44.6 Å². The summed E-state index contributed by atoms with van der Waals surface area (Å²) in [5.74, 6) is 2.27. The molecule has 44 heavy (non-hydrogen) atoms. The van der Waals surface area contributed by atoms with E-state index < -0.39 is 0 Å². The fraction of sp³-hybridized carbons (Fsp3) is 0.316. The summed E-state index contributed by atoms with van der Waals surface area (Å²) in [4.78, 5) is 10.7. The van der Waals surface area contributed by atoms with Gasteiger partial charge in [0.2, 0.25) is 0 Å². The minimum atomic E-state index is -0.277. The maximum Gasteiger partial charge on any atom is 0.133 e. The fourth-order valence-electron chi connectivity index (χ4n) is 8.52. The molecular weight excluding hydrogens is 548 g/mol. The molecule has 4 aliphatic heterocycles. The van der Waals surface area contributed by atoms with E-state index in [1.165, 1.54) is 0 Å². The molecule has 0 fully saturated rings. The molecule has 2 N–H and O–H groups in total. The summed E-state index contributed by atoms with van der Waals surface area (Å²) in [6.07, 6.45) is 0. The number of nitrogens with zero attached hydrogens (tertiary/aromatic N) is 2. The fourth-order valence-corrected chi connectivity index (χ4v) is 8.52. The van der Waals surface area contributed by atoms with Crippen LogP contribution in [0.5, 0.6) is 23.0 Å². The first-order chi connectivity index (χ1) is 21.2. The van der Waals surface area contributed by atoms with Crippen LogP contribution < -0.4 is 20.2 Å². The summed E-state index contributed by atoms with van der Waals surface area (Å²) >= 11 is 0. The van der Waals surface area contributed by atoms with Crippen LogP contribution in [0.1, 0.15) is 62.0 Å². The summed E-state index contributed by atoms with van der Waals surface area (Å²) in [7, 11) is 0. The zero-order valence-electron chi connectivity index (χ0n) is 25.3. The van der Waals surface area contributed by atoms with E-state index in [-0.39, 0.29) is 46.2 Å². The average molecular weight is 583 g/mol. The smallest absolute Gasteiger partial charge is 0.133 e. The summed E-state index contributed by atoms with van der Waals surface area (Å²) < 4.78 is 12.4. The van der Waals surface area contributed by atoms with Crippen molar-refractivity contribution in [2.24, 2.45) is 21.8 Å². The lowest BCUT2D eigenvalue weighted by atomic mass is 9.65. The molecule has 9 rings (SSSR count). The van der Waals surface area contributed by atoms with Crippen molar-refractivity contribution < 1.29 is 19.7 Å². The maximum atomic E-state index is 12.1. The third-order valence-electron chi connectivity index (χ3n) is 11.2. The Kier molecular flexibility index (Phi) is 5.02. The Hall–Kier alpha value is -4.58. The van der Waals surface area contributed by atoms with Gasteiger partial charge in [0.15, 0.2) is 0 Å². The van der Waals surface area contributed by atoms with Gasteiger partial charge in [-0.15, -0.1) is 0 Å². The van der Waals surface area contributed by atoms with Gasteiger partial charge in [0.1, 0.15) is 23.0 Å². The van der Waals surface area contributed by atoms with Gasteiger partial charge in [-0.25, -0.2) is 0 Å². The maximum absolute atomic E-state index is 12.1. The molecule has 0 radical (unpaired) electrons. The van der Waals surface area contributed by atoms with Crippen molar-refractivity contribution in [3.63, 3.8) is 0 Å². The molecule has 4 aliphatic rings. The second-order valence-corrected chi connectivity index (χ2v) is 14.0. The number of rotatable bonds is 0. The van der Waals surface area contributed by atoms with Gasteiger partial charge in [-0.1, -0.05) is 88.4 Å². The third kappa shape index (κ3) is 3.16. The number of phenols is 2. The predicted molar refractivity (Wildman–Crippen MR) is 169 cm³/mol. The second kappa shape index (κ2) is 8.53. The summed E-state index contributed by atoms with van der Waals surface area (Å²) in [6.45, 7) is 10.1. The number of phenolic OH excluding ortho intramolecular Hbond substituents is 2. The Balaban J connectivity index is 1.36. The van der Waals surface area contributed by atoms with Crippen LogP contribution in [0.3, 0.4) is 0 Å². The zero-order valence-corrected chi connectivity index (χ0v) is 25.3. The van der Waals surface area contributed by atoms with Gasteiger partial charge in [-0.2, -0.15) is 0 Å². The van der Waals surface area contributed by atoms with Gasteiger partial charge in [-0.3, -0.25) is 9.98 Å². The summed E-state index contributed by atoms with van der Waals surface area (Å²) in [5, 5.41) is 28.1. The van der Waals surface area contributed by atoms with E-state index in [0.717, 1.165) is 44.5 Å². The molecule has 0 saturated carbocycles. The molecule has 0 saturated heterocycles. The van der Waals surface area contributed by atoms with Crippen molar-refractivity contribution in [1.82, 2.24) is 0 Å². The van der Waals surface area contributed by atoms with Gasteiger partial charge < -0.3 is 19.7 Å². The van der Waals surface area contributed by atoms with E-state index in [0.29, 0.717) is 34.8 Å². The van der Waals surface area contributed by atoms with E-state index in [9.17, 15) is 10.2 Å². The van der Waals surface area contributed by atoms with E-state index in [1.54, 1.807) is 0 Å². The molecule has 5 aromatic rings. The van der Waals surface area contributed by atoms with E-state index in [4.69, 9.17) is 19.5 Å². The number of benzene rings is 5. The molecule has 6 nitrogen and oxygen atoms in total. The normalized spacial score (nSPS) is 25.0. The molecule has 0 bridgehead atoms. The number of hydrogen-bond donors (Lipinski definition) is 2. The van der Waals surface area contributed by atoms with E-state index in [1.807, 2.05) is 48.5 Å². The quantitative estimate of drug-likeness (QED) is 0.157. The second-order valence-electron chi connectivity index (χ2n) is 14.0. The molecule has 0 aliphatic carbocycles. The van der Waals surface area contributed by atoms with Crippen LogP contribution in [0, 0.1) is 11.8 Å². The molecule has 4 unspecified atom stereocenters. The highest BCUT2D eigenvalue weighted by atomic mass is 16.5. The van der Waals surface area contributed by atoms with Crippen molar-refractivity contribution in [3.8, 4) is 23.0 Å².